The quantitative estimate of drug-likeness (QED) is 0.770. The van der Waals surface area contributed by atoms with E-state index >= 15 is 0 Å². The van der Waals surface area contributed by atoms with Crippen LogP contribution in [0, 0.1) is 0 Å². The first-order valence-corrected chi connectivity index (χ1v) is 7.27. The van der Waals surface area contributed by atoms with Crippen molar-refractivity contribution in [1.82, 2.24) is 9.97 Å². The van der Waals surface area contributed by atoms with Crippen LogP contribution in [0.4, 0.5) is 5.95 Å². The van der Waals surface area contributed by atoms with Crippen molar-refractivity contribution in [2.45, 2.75) is 58.3 Å². The monoisotopic (exact) mass is 247 g/mol. The molecule has 0 saturated carbocycles. The van der Waals surface area contributed by atoms with Crippen molar-refractivity contribution in [3.63, 3.8) is 0 Å². The summed E-state index contributed by atoms with van der Waals surface area (Å²) in [5.74, 6) is 0.903. The van der Waals surface area contributed by atoms with Gasteiger partial charge in [0.1, 0.15) is 0 Å². The van der Waals surface area contributed by atoms with Crippen molar-refractivity contribution < 1.29 is 0 Å². The highest BCUT2D eigenvalue weighted by Crippen LogP contribution is 2.33. The maximum absolute atomic E-state index is 4.55. The molecule has 2 rings (SSSR count). The standard InChI is InChI=1S/C15H25N3/c1-4-7-15(3,8-5-2)13-11-16-14(17-12-13)18-9-6-10-18/h11-12H,4-10H2,1-3H3. The molecule has 3 heteroatoms. The van der Waals surface area contributed by atoms with Crippen LogP contribution in [-0.4, -0.2) is 23.1 Å². The SMILES string of the molecule is CCCC(C)(CCC)c1cnc(N2CCC2)nc1. The van der Waals surface area contributed by atoms with Gasteiger partial charge in [-0.25, -0.2) is 9.97 Å². The zero-order valence-corrected chi connectivity index (χ0v) is 11.9. The summed E-state index contributed by atoms with van der Waals surface area (Å²) in [4.78, 5) is 11.3. The van der Waals surface area contributed by atoms with Crippen LogP contribution in [0.5, 0.6) is 0 Å². The third-order valence-electron chi connectivity index (χ3n) is 4.08. The molecule has 0 aliphatic carbocycles. The minimum Gasteiger partial charge on any atom is -0.341 e. The van der Waals surface area contributed by atoms with E-state index in [1.807, 2.05) is 12.4 Å². The number of rotatable bonds is 6. The molecule has 100 valence electrons. The van der Waals surface area contributed by atoms with Gasteiger partial charge >= 0.3 is 0 Å². The summed E-state index contributed by atoms with van der Waals surface area (Å²) >= 11 is 0. The summed E-state index contributed by atoms with van der Waals surface area (Å²) in [6, 6.07) is 0. The lowest BCUT2D eigenvalue weighted by Gasteiger charge is -2.32. The Balaban J connectivity index is 2.14. The minimum atomic E-state index is 0.247. The number of anilines is 1. The van der Waals surface area contributed by atoms with Crippen molar-refractivity contribution in [1.29, 1.82) is 0 Å². The summed E-state index contributed by atoms with van der Waals surface area (Å²) in [5.41, 5.74) is 1.55. The van der Waals surface area contributed by atoms with E-state index in [4.69, 9.17) is 0 Å². The molecule has 1 aliphatic heterocycles. The molecule has 18 heavy (non-hydrogen) atoms. The Morgan fingerprint density at radius 3 is 2.06 bits per heavy atom. The van der Waals surface area contributed by atoms with E-state index in [1.54, 1.807) is 0 Å². The molecule has 1 fully saturated rings. The molecular weight excluding hydrogens is 222 g/mol. The van der Waals surface area contributed by atoms with Crippen LogP contribution in [0.25, 0.3) is 0 Å². The molecule has 0 radical (unpaired) electrons. The third-order valence-corrected chi connectivity index (χ3v) is 4.08. The second-order valence-electron chi connectivity index (χ2n) is 5.67. The van der Waals surface area contributed by atoms with Gasteiger partial charge in [0.15, 0.2) is 0 Å². The molecule has 2 heterocycles. The van der Waals surface area contributed by atoms with Crippen LogP contribution >= 0.6 is 0 Å². The Morgan fingerprint density at radius 2 is 1.67 bits per heavy atom. The van der Waals surface area contributed by atoms with E-state index in [0.717, 1.165) is 19.0 Å². The van der Waals surface area contributed by atoms with Crippen LogP contribution in [0.3, 0.4) is 0 Å². The van der Waals surface area contributed by atoms with Crippen LogP contribution in [0.2, 0.25) is 0 Å². The smallest absolute Gasteiger partial charge is 0.225 e. The Hall–Kier alpha value is -1.12. The van der Waals surface area contributed by atoms with Gasteiger partial charge in [0.2, 0.25) is 5.95 Å². The van der Waals surface area contributed by atoms with E-state index in [1.165, 1.54) is 37.7 Å². The summed E-state index contributed by atoms with van der Waals surface area (Å²) in [5, 5.41) is 0. The number of hydrogen-bond acceptors (Lipinski definition) is 3. The maximum Gasteiger partial charge on any atom is 0.225 e. The first-order chi connectivity index (χ1) is 8.69. The second kappa shape index (κ2) is 5.68. The normalized spacial score (nSPS) is 15.6. The molecule has 0 amide bonds. The summed E-state index contributed by atoms with van der Waals surface area (Å²) in [7, 11) is 0. The fraction of sp³-hybridized carbons (Fsp3) is 0.733. The first kappa shape index (κ1) is 13.3. The molecule has 0 bridgehead atoms. The summed E-state index contributed by atoms with van der Waals surface area (Å²) in [6.45, 7) is 9.08. The zero-order valence-electron chi connectivity index (χ0n) is 11.9. The lowest BCUT2D eigenvalue weighted by molar-refractivity contribution is 0.389. The van der Waals surface area contributed by atoms with Crippen LogP contribution < -0.4 is 4.90 Å². The van der Waals surface area contributed by atoms with Crippen LogP contribution in [-0.2, 0) is 5.41 Å². The van der Waals surface area contributed by atoms with Crippen molar-refractivity contribution in [2.24, 2.45) is 0 Å². The molecule has 0 spiro atoms. The molecule has 0 atom stereocenters. The lowest BCUT2D eigenvalue weighted by Crippen LogP contribution is -2.38. The Labute approximate surface area is 111 Å². The van der Waals surface area contributed by atoms with Gasteiger partial charge in [-0.3, -0.25) is 0 Å². The summed E-state index contributed by atoms with van der Waals surface area (Å²) < 4.78 is 0. The largest absolute Gasteiger partial charge is 0.341 e. The molecule has 0 unspecified atom stereocenters. The van der Waals surface area contributed by atoms with Crippen LogP contribution in [0.1, 0.15) is 58.4 Å². The van der Waals surface area contributed by atoms with Gasteiger partial charge in [0.25, 0.3) is 0 Å². The van der Waals surface area contributed by atoms with Gasteiger partial charge in [-0.1, -0.05) is 33.6 Å². The number of nitrogens with zero attached hydrogens (tertiary/aromatic N) is 3. The third kappa shape index (κ3) is 2.65. The molecule has 3 nitrogen and oxygen atoms in total. The van der Waals surface area contributed by atoms with Crippen molar-refractivity contribution in [3.05, 3.63) is 18.0 Å². The van der Waals surface area contributed by atoms with Gasteiger partial charge in [-0.05, 0) is 30.2 Å². The molecular formula is C15H25N3. The fourth-order valence-electron chi connectivity index (χ4n) is 2.83. The van der Waals surface area contributed by atoms with Gasteiger partial charge < -0.3 is 4.90 Å². The zero-order chi connectivity index (χ0) is 13.0. The number of aromatic nitrogens is 2. The van der Waals surface area contributed by atoms with Gasteiger partial charge in [-0.2, -0.15) is 0 Å². The van der Waals surface area contributed by atoms with Crippen LogP contribution in [0.15, 0.2) is 12.4 Å². The topological polar surface area (TPSA) is 29.0 Å². The van der Waals surface area contributed by atoms with E-state index in [0.29, 0.717) is 0 Å². The summed E-state index contributed by atoms with van der Waals surface area (Å²) in [6.07, 6.45) is 10.2. The molecule has 1 saturated heterocycles. The molecule has 0 N–H and O–H groups in total. The maximum atomic E-state index is 4.55. The highest BCUT2D eigenvalue weighted by atomic mass is 15.3. The predicted octanol–water partition coefficient (Wildman–Crippen LogP) is 3.54. The highest BCUT2D eigenvalue weighted by Gasteiger charge is 2.26. The van der Waals surface area contributed by atoms with Crippen molar-refractivity contribution in [2.75, 3.05) is 18.0 Å². The molecule has 0 aromatic carbocycles. The molecule has 1 aromatic heterocycles. The van der Waals surface area contributed by atoms with Gasteiger partial charge in [0.05, 0.1) is 0 Å². The van der Waals surface area contributed by atoms with E-state index < -0.39 is 0 Å². The average Bonchev–Trinajstić information content (AvgIpc) is 2.28. The number of hydrogen-bond donors (Lipinski definition) is 0. The van der Waals surface area contributed by atoms with Gasteiger partial charge in [-0.15, -0.1) is 0 Å². The van der Waals surface area contributed by atoms with Crippen molar-refractivity contribution in [3.8, 4) is 0 Å². The lowest BCUT2D eigenvalue weighted by atomic mass is 9.76. The van der Waals surface area contributed by atoms with E-state index in [-0.39, 0.29) is 5.41 Å². The minimum absolute atomic E-state index is 0.247. The molecule has 1 aromatic rings. The Bertz CT molecular complexity index is 362. The average molecular weight is 247 g/mol. The Kier molecular flexibility index (Phi) is 4.20. The first-order valence-electron chi connectivity index (χ1n) is 7.27. The van der Waals surface area contributed by atoms with E-state index in [9.17, 15) is 0 Å². The second-order valence-corrected chi connectivity index (χ2v) is 5.67. The Morgan fingerprint density at radius 1 is 1.11 bits per heavy atom. The van der Waals surface area contributed by atoms with Crippen molar-refractivity contribution >= 4 is 5.95 Å². The molecule has 1 aliphatic rings. The fourth-order valence-corrected chi connectivity index (χ4v) is 2.83. The highest BCUT2D eigenvalue weighted by molar-refractivity contribution is 5.34. The van der Waals surface area contributed by atoms with E-state index in [2.05, 4.69) is 35.6 Å². The van der Waals surface area contributed by atoms with Gasteiger partial charge in [0, 0.05) is 25.5 Å². The predicted molar refractivity (Wildman–Crippen MR) is 76.0 cm³/mol.